The van der Waals surface area contributed by atoms with Gasteiger partial charge in [-0.3, -0.25) is 4.40 Å². The Hall–Kier alpha value is -3.57. The first-order valence-electron chi connectivity index (χ1n) is 13.3. The van der Waals surface area contributed by atoms with Crippen molar-refractivity contribution >= 4 is 11.7 Å². The maximum atomic E-state index is 13.3. The Morgan fingerprint density at radius 1 is 1.23 bits per heavy atom. The quantitative estimate of drug-likeness (QED) is 0.439. The molecule has 0 unspecified atom stereocenters. The van der Waals surface area contributed by atoms with Gasteiger partial charge in [0, 0.05) is 43.3 Å². The van der Waals surface area contributed by atoms with Gasteiger partial charge in [-0.2, -0.15) is 13.2 Å². The van der Waals surface area contributed by atoms with E-state index in [1.807, 2.05) is 37.4 Å². The number of pyridine rings is 1. The number of carbonyl (C=O) groups is 1. The van der Waals surface area contributed by atoms with Gasteiger partial charge in [0.25, 0.3) is 5.88 Å². The number of urea groups is 1. The summed E-state index contributed by atoms with van der Waals surface area (Å²) in [5.74, 6) is 0.741. The number of imidazole rings is 1. The van der Waals surface area contributed by atoms with E-state index in [0.29, 0.717) is 61.1 Å². The monoisotopic (exact) mass is 548 g/mol. The molecule has 0 saturated heterocycles. The smallest absolute Gasteiger partial charge is 0.389 e. The summed E-state index contributed by atoms with van der Waals surface area (Å²) in [6, 6.07) is 0.469. The molecule has 0 aromatic carbocycles. The van der Waals surface area contributed by atoms with Crippen molar-refractivity contribution in [3.8, 4) is 23.0 Å². The molecule has 3 aromatic rings. The summed E-state index contributed by atoms with van der Waals surface area (Å²) >= 11 is 0. The topological polar surface area (TPSA) is 93.9 Å². The lowest BCUT2D eigenvalue weighted by Gasteiger charge is -2.31. The number of fused-ring (bicyclic) bond motifs is 7. The van der Waals surface area contributed by atoms with Gasteiger partial charge in [0.2, 0.25) is 11.5 Å². The van der Waals surface area contributed by atoms with Crippen molar-refractivity contribution in [3.63, 3.8) is 0 Å². The lowest BCUT2D eigenvalue weighted by Crippen LogP contribution is -2.46. The molecule has 4 heterocycles. The summed E-state index contributed by atoms with van der Waals surface area (Å²) in [7, 11) is 1.53. The molecule has 0 fully saturated rings. The summed E-state index contributed by atoms with van der Waals surface area (Å²) in [6.45, 7) is 6.35. The Balaban J connectivity index is 1.76. The van der Waals surface area contributed by atoms with E-state index in [1.165, 1.54) is 7.11 Å². The molecule has 212 valence electrons. The first-order valence-corrected chi connectivity index (χ1v) is 13.3. The standard InChI is InChI=1S/C27H35F3N6O3/c1-5-35-17(2)19-15-21(24(38-4)32-16-19)22-18(3)36-13-12-31-23(36)25(34-22)39-14-8-6-7-9-20(33-26(35)37)10-11-27(28,29)30/h12-13,15-17,20H,5-11,14H2,1-4H3,(H,33,37)/t17-,20-/m1/s1. The molecule has 1 N–H and O–H groups in total. The van der Waals surface area contributed by atoms with Gasteiger partial charge in [0.05, 0.1) is 31.0 Å². The van der Waals surface area contributed by atoms with Gasteiger partial charge in [-0.05, 0) is 58.1 Å². The maximum absolute atomic E-state index is 13.3. The molecule has 0 saturated carbocycles. The third-order valence-corrected chi connectivity index (χ3v) is 7.16. The van der Waals surface area contributed by atoms with Crippen molar-refractivity contribution in [1.82, 2.24) is 29.6 Å². The van der Waals surface area contributed by atoms with Crippen LogP contribution in [0.2, 0.25) is 0 Å². The summed E-state index contributed by atoms with van der Waals surface area (Å²) < 4.78 is 52.5. The van der Waals surface area contributed by atoms with Crippen LogP contribution in [0.5, 0.6) is 11.8 Å². The fourth-order valence-corrected chi connectivity index (χ4v) is 4.96. The minimum atomic E-state index is -4.29. The molecule has 9 nitrogen and oxygen atoms in total. The van der Waals surface area contributed by atoms with Crippen molar-refractivity contribution in [3.05, 3.63) is 35.9 Å². The molecule has 0 spiro atoms. The van der Waals surface area contributed by atoms with E-state index < -0.39 is 30.7 Å². The number of carbonyl (C=O) groups excluding carboxylic acids is 1. The third kappa shape index (κ3) is 6.54. The predicted octanol–water partition coefficient (Wildman–Crippen LogP) is 5.86. The van der Waals surface area contributed by atoms with Gasteiger partial charge in [-0.25, -0.2) is 19.7 Å². The Morgan fingerprint density at radius 2 is 2.03 bits per heavy atom. The van der Waals surface area contributed by atoms with Crippen LogP contribution in [0.1, 0.15) is 69.7 Å². The fourth-order valence-electron chi connectivity index (χ4n) is 4.96. The molecular weight excluding hydrogens is 513 g/mol. The van der Waals surface area contributed by atoms with Crippen LogP contribution >= 0.6 is 0 Å². The number of nitrogens with zero attached hydrogens (tertiary/aromatic N) is 5. The van der Waals surface area contributed by atoms with Crippen LogP contribution < -0.4 is 14.8 Å². The van der Waals surface area contributed by atoms with Gasteiger partial charge < -0.3 is 19.7 Å². The van der Waals surface area contributed by atoms with E-state index in [2.05, 4.69) is 15.3 Å². The van der Waals surface area contributed by atoms with Crippen LogP contribution in [0.25, 0.3) is 16.9 Å². The summed E-state index contributed by atoms with van der Waals surface area (Å²) in [5, 5.41) is 2.87. The highest BCUT2D eigenvalue weighted by atomic mass is 19.4. The SMILES string of the molecule is CCN1C(=O)N[C@@H](CCC(F)(F)F)CCCCCOc2nc(c(C)n3ccnc23)-c2cc(cnc2OC)[C@H]1C. The van der Waals surface area contributed by atoms with Gasteiger partial charge in [-0.15, -0.1) is 0 Å². The summed E-state index contributed by atoms with van der Waals surface area (Å²) in [6.07, 6.45) is 2.26. The number of methoxy groups -OCH3 is 1. The number of amides is 2. The van der Waals surface area contributed by atoms with Crippen molar-refractivity contribution in [1.29, 1.82) is 0 Å². The molecule has 1 aliphatic rings. The Morgan fingerprint density at radius 3 is 2.74 bits per heavy atom. The van der Waals surface area contributed by atoms with Gasteiger partial charge in [0.15, 0.2) is 0 Å². The number of aryl methyl sites for hydroxylation is 1. The van der Waals surface area contributed by atoms with Crippen LogP contribution in [-0.2, 0) is 0 Å². The normalized spacial score (nSPS) is 19.4. The molecule has 2 amide bonds. The number of hydrogen-bond acceptors (Lipinski definition) is 6. The highest BCUT2D eigenvalue weighted by molar-refractivity contribution is 5.75. The van der Waals surface area contributed by atoms with E-state index in [0.717, 1.165) is 17.7 Å². The van der Waals surface area contributed by atoms with Crippen molar-refractivity contribution < 1.29 is 27.4 Å². The highest BCUT2D eigenvalue weighted by Gasteiger charge is 2.30. The summed E-state index contributed by atoms with van der Waals surface area (Å²) in [5.41, 5.74) is 3.37. The van der Waals surface area contributed by atoms with E-state index in [9.17, 15) is 18.0 Å². The van der Waals surface area contributed by atoms with Crippen LogP contribution in [0, 0.1) is 6.92 Å². The Kier molecular flexibility index (Phi) is 8.81. The number of aromatic nitrogens is 4. The molecule has 0 aliphatic carbocycles. The molecule has 4 bridgehead atoms. The number of halogens is 3. The van der Waals surface area contributed by atoms with Crippen LogP contribution in [-0.4, -0.2) is 62.8 Å². The fraction of sp³-hybridized carbons (Fsp3) is 0.556. The van der Waals surface area contributed by atoms with Crippen molar-refractivity contribution in [2.45, 2.75) is 77.6 Å². The second kappa shape index (κ2) is 12.1. The van der Waals surface area contributed by atoms with Crippen molar-refractivity contribution in [2.24, 2.45) is 0 Å². The zero-order valence-corrected chi connectivity index (χ0v) is 22.7. The molecule has 39 heavy (non-hydrogen) atoms. The van der Waals surface area contributed by atoms with E-state index in [1.54, 1.807) is 17.3 Å². The number of alkyl halides is 3. The lowest BCUT2D eigenvalue weighted by atomic mass is 10.0. The molecule has 1 aliphatic heterocycles. The predicted molar refractivity (Wildman–Crippen MR) is 140 cm³/mol. The van der Waals surface area contributed by atoms with Crippen LogP contribution in [0.3, 0.4) is 0 Å². The summed E-state index contributed by atoms with van der Waals surface area (Å²) in [4.78, 5) is 28.6. The zero-order chi connectivity index (χ0) is 28.2. The van der Waals surface area contributed by atoms with Gasteiger partial charge in [-0.1, -0.05) is 6.42 Å². The van der Waals surface area contributed by atoms with Crippen molar-refractivity contribution in [2.75, 3.05) is 20.3 Å². The van der Waals surface area contributed by atoms with Crippen LogP contribution in [0.4, 0.5) is 18.0 Å². The largest absolute Gasteiger partial charge is 0.481 e. The third-order valence-electron chi connectivity index (χ3n) is 7.16. The molecular formula is C27H35F3N6O3. The minimum absolute atomic E-state index is 0.168. The average molecular weight is 549 g/mol. The first-order chi connectivity index (χ1) is 18.6. The molecule has 0 radical (unpaired) electrons. The lowest BCUT2D eigenvalue weighted by molar-refractivity contribution is -0.136. The minimum Gasteiger partial charge on any atom is -0.481 e. The van der Waals surface area contributed by atoms with E-state index in [4.69, 9.17) is 14.5 Å². The maximum Gasteiger partial charge on any atom is 0.389 e. The van der Waals surface area contributed by atoms with E-state index in [-0.39, 0.29) is 6.42 Å². The second-order valence-corrected chi connectivity index (χ2v) is 9.76. The molecule has 3 aromatic heterocycles. The van der Waals surface area contributed by atoms with Gasteiger partial charge >= 0.3 is 12.2 Å². The first kappa shape index (κ1) is 28.4. The van der Waals surface area contributed by atoms with E-state index >= 15 is 0 Å². The van der Waals surface area contributed by atoms with Crippen LogP contribution in [0.15, 0.2) is 24.7 Å². The Bertz CT molecular complexity index is 1300. The molecule has 12 heteroatoms. The zero-order valence-electron chi connectivity index (χ0n) is 22.7. The Labute approximate surface area is 225 Å². The number of rotatable bonds is 4. The number of hydrogen-bond donors (Lipinski definition) is 1. The highest BCUT2D eigenvalue weighted by Crippen LogP contribution is 2.35. The average Bonchev–Trinajstić information content (AvgIpc) is 3.40. The molecule has 2 atom stereocenters. The second-order valence-electron chi connectivity index (χ2n) is 9.76. The molecule has 4 rings (SSSR count). The number of ether oxygens (including phenoxy) is 2. The number of nitrogens with one attached hydrogen (secondary N) is 1. The van der Waals surface area contributed by atoms with Gasteiger partial charge in [0.1, 0.15) is 0 Å².